The maximum Gasteiger partial charge on any atom is 0.244 e. The van der Waals surface area contributed by atoms with E-state index in [1.165, 1.54) is 22.3 Å². The molecule has 1 N–H and O–H groups in total. The standard InChI is InChI=1S/C21H30N4O3S2/c1-4-25(5-2)30(27,28)19-12-13-21(23-16-19)29-17-20(26)22-14-9-15-24(3)18-10-7-6-8-11-18/h6-8,10-13,16H,4-5,9,14-15,17H2,1-3H3,(H,22,26). The van der Waals surface area contributed by atoms with Crippen LogP contribution in [0.2, 0.25) is 0 Å². The van der Waals surface area contributed by atoms with Crippen molar-refractivity contribution in [3.63, 3.8) is 0 Å². The van der Waals surface area contributed by atoms with Crippen LogP contribution in [0.4, 0.5) is 5.69 Å². The Morgan fingerprint density at radius 2 is 1.80 bits per heavy atom. The Bertz CT molecular complexity index is 886. The highest BCUT2D eigenvalue weighted by molar-refractivity contribution is 7.99. The van der Waals surface area contributed by atoms with Gasteiger partial charge in [-0.1, -0.05) is 43.8 Å². The first kappa shape index (κ1) is 24.2. The molecule has 9 heteroatoms. The summed E-state index contributed by atoms with van der Waals surface area (Å²) in [5, 5.41) is 3.53. The smallest absolute Gasteiger partial charge is 0.244 e. The van der Waals surface area contributed by atoms with Crippen molar-refractivity contribution in [1.29, 1.82) is 0 Å². The van der Waals surface area contributed by atoms with Crippen molar-refractivity contribution < 1.29 is 13.2 Å². The Morgan fingerprint density at radius 3 is 2.40 bits per heavy atom. The third-order valence-corrected chi connectivity index (χ3v) is 7.57. The van der Waals surface area contributed by atoms with Crippen LogP contribution in [0.5, 0.6) is 0 Å². The van der Waals surface area contributed by atoms with Crippen molar-refractivity contribution in [2.45, 2.75) is 30.2 Å². The number of rotatable bonds is 12. The van der Waals surface area contributed by atoms with Crippen LogP contribution in [0.25, 0.3) is 0 Å². The number of para-hydroxylation sites is 1. The van der Waals surface area contributed by atoms with Gasteiger partial charge in [-0.15, -0.1) is 0 Å². The summed E-state index contributed by atoms with van der Waals surface area (Å²) in [6, 6.07) is 13.3. The molecule has 7 nitrogen and oxygen atoms in total. The average Bonchev–Trinajstić information content (AvgIpc) is 2.76. The van der Waals surface area contributed by atoms with E-state index in [-0.39, 0.29) is 16.6 Å². The van der Waals surface area contributed by atoms with Crippen LogP contribution in [0.1, 0.15) is 20.3 Å². The second-order valence-electron chi connectivity index (χ2n) is 6.67. The van der Waals surface area contributed by atoms with Gasteiger partial charge in [0.1, 0.15) is 4.90 Å². The Balaban J connectivity index is 1.73. The minimum atomic E-state index is -3.51. The summed E-state index contributed by atoms with van der Waals surface area (Å²) in [5.74, 6) is 0.174. The number of anilines is 1. The third kappa shape index (κ3) is 7.00. The van der Waals surface area contributed by atoms with Gasteiger partial charge in [-0.05, 0) is 30.7 Å². The van der Waals surface area contributed by atoms with Gasteiger partial charge in [-0.25, -0.2) is 13.4 Å². The molecule has 0 saturated heterocycles. The summed E-state index contributed by atoms with van der Waals surface area (Å²) < 4.78 is 26.3. The molecule has 164 valence electrons. The average molecular weight is 451 g/mol. The summed E-state index contributed by atoms with van der Waals surface area (Å²) in [4.78, 5) is 18.6. The van der Waals surface area contributed by atoms with Crippen molar-refractivity contribution >= 4 is 33.4 Å². The summed E-state index contributed by atoms with van der Waals surface area (Å²) in [6.45, 7) is 5.88. The second kappa shape index (κ2) is 11.9. The van der Waals surface area contributed by atoms with E-state index >= 15 is 0 Å². The first-order chi connectivity index (χ1) is 14.4. The normalized spacial score (nSPS) is 11.5. The molecule has 1 aromatic carbocycles. The van der Waals surface area contributed by atoms with E-state index in [1.807, 2.05) is 25.2 Å². The fraction of sp³-hybridized carbons (Fsp3) is 0.429. The topological polar surface area (TPSA) is 82.6 Å². The zero-order valence-corrected chi connectivity index (χ0v) is 19.4. The molecule has 0 radical (unpaired) electrons. The second-order valence-corrected chi connectivity index (χ2v) is 9.60. The molecule has 0 unspecified atom stereocenters. The number of pyridine rings is 1. The Labute approximate surface area is 183 Å². The molecule has 1 aromatic heterocycles. The Hall–Kier alpha value is -2.10. The number of benzene rings is 1. The molecule has 0 spiro atoms. The number of aromatic nitrogens is 1. The zero-order valence-electron chi connectivity index (χ0n) is 17.7. The minimum Gasteiger partial charge on any atom is -0.375 e. The number of hydrogen-bond acceptors (Lipinski definition) is 6. The number of hydrogen-bond donors (Lipinski definition) is 1. The number of carbonyl (C=O) groups is 1. The first-order valence-electron chi connectivity index (χ1n) is 10.00. The van der Waals surface area contributed by atoms with E-state index in [0.29, 0.717) is 24.7 Å². The van der Waals surface area contributed by atoms with Gasteiger partial charge in [0.2, 0.25) is 15.9 Å². The molecule has 1 heterocycles. The first-order valence-corrected chi connectivity index (χ1v) is 12.4. The van der Waals surface area contributed by atoms with Crippen molar-refractivity contribution in [1.82, 2.24) is 14.6 Å². The lowest BCUT2D eigenvalue weighted by Crippen LogP contribution is -2.30. The van der Waals surface area contributed by atoms with E-state index < -0.39 is 10.0 Å². The lowest BCUT2D eigenvalue weighted by Gasteiger charge is -2.19. The highest BCUT2D eigenvalue weighted by Crippen LogP contribution is 2.19. The van der Waals surface area contributed by atoms with Crippen LogP contribution in [-0.4, -0.2) is 62.6 Å². The molecule has 30 heavy (non-hydrogen) atoms. The quantitative estimate of drug-likeness (QED) is 0.396. The fourth-order valence-corrected chi connectivity index (χ4v) is 4.94. The molecule has 0 saturated carbocycles. The van der Waals surface area contributed by atoms with Gasteiger partial charge >= 0.3 is 0 Å². The monoisotopic (exact) mass is 450 g/mol. The van der Waals surface area contributed by atoms with Crippen molar-refractivity contribution in [2.75, 3.05) is 43.9 Å². The molecule has 0 bridgehead atoms. The number of carbonyl (C=O) groups excluding carboxylic acids is 1. The van der Waals surface area contributed by atoms with E-state index in [4.69, 9.17) is 0 Å². The fourth-order valence-electron chi connectivity index (χ4n) is 2.86. The van der Waals surface area contributed by atoms with Crippen LogP contribution in [0, 0.1) is 0 Å². The summed E-state index contributed by atoms with van der Waals surface area (Å²) >= 11 is 1.29. The Morgan fingerprint density at radius 1 is 1.10 bits per heavy atom. The Kier molecular flexibility index (Phi) is 9.61. The molecule has 2 rings (SSSR count). The van der Waals surface area contributed by atoms with Gasteiger partial charge in [0.15, 0.2) is 0 Å². The summed E-state index contributed by atoms with van der Waals surface area (Å²) in [6.07, 6.45) is 2.20. The highest BCUT2D eigenvalue weighted by Gasteiger charge is 2.21. The predicted molar refractivity (Wildman–Crippen MR) is 122 cm³/mol. The molecular formula is C21H30N4O3S2. The van der Waals surface area contributed by atoms with Gasteiger partial charge in [0, 0.05) is 45.1 Å². The molecule has 1 amide bonds. The highest BCUT2D eigenvalue weighted by atomic mass is 32.2. The molecule has 2 aromatic rings. The van der Waals surface area contributed by atoms with Gasteiger partial charge < -0.3 is 10.2 Å². The van der Waals surface area contributed by atoms with Crippen LogP contribution in [-0.2, 0) is 14.8 Å². The molecule has 0 aliphatic rings. The van der Waals surface area contributed by atoms with E-state index in [2.05, 4.69) is 27.3 Å². The zero-order chi connectivity index (χ0) is 22.0. The van der Waals surface area contributed by atoms with Gasteiger partial charge in [0.05, 0.1) is 10.8 Å². The molecule has 0 fully saturated rings. The SMILES string of the molecule is CCN(CC)S(=O)(=O)c1ccc(SCC(=O)NCCCN(C)c2ccccc2)nc1. The maximum absolute atomic E-state index is 12.5. The summed E-state index contributed by atoms with van der Waals surface area (Å²) in [5.41, 5.74) is 1.15. The van der Waals surface area contributed by atoms with E-state index in [1.54, 1.807) is 26.0 Å². The molecule has 0 aliphatic carbocycles. The van der Waals surface area contributed by atoms with Gasteiger partial charge in [-0.3, -0.25) is 4.79 Å². The minimum absolute atomic E-state index is 0.0657. The van der Waals surface area contributed by atoms with Crippen LogP contribution >= 0.6 is 11.8 Å². The lowest BCUT2D eigenvalue weighted by molar-refractivity contribution is -0.118. The molecule has 0 atom stereocenters. The van der Waals surface area contributed by atoms with Crippen molar-refractivity contribution in [2.24, 2.45) is 0 Å². The predicted octanol–water partition coefficient (Wildman–Crippen LogP) is 2.85. The maximum atomic E-state index is 12.5. The van der Waals surface area contributed by atoms with Crippen LogP contribution in [0.3, 0.4) is 0 Å². The molecular weight excluding hydrogens is 420 g/mol. The van der Waals surface area contributed by atoms with E-state index in [9.17, 15) is 13.2 Å². The number of thioether (sulfide) groups is 1. The number of nitrogens with zero attached hydrogens (tertiary/aromatic N) is 3. The third-order valence-electron chi connectivity index (χ3n) is 4.59. The number of nitrogens with one attached hydrogen (secondary N) is 1. The number of amides is 1. The van der Waals surface area contributed by atoms with Crippen LogP contribution < -0.4 is 10.2 Å². The van der Waals surface area contributed by atoms with E-state index in [0.717, 1.165) is 18.7 Å². The van der Waals surface area contributed by atoms with Crippen molar-refractivity contribution in [3.05, 3.63) is 48.7 Å². The largest absolute Gasteiger partial charge is 0.375 e. The lowest BCUT2D eigenvalue weighted by atomic mass is 10.3. The van der Waals surface area contributed by atoms with Gasteiger partial charge in [-0.2, -0.15) is 4.31 Å². The van der Waals surface area contributed by atoms with Crippen LogP contribution in [0.15, 0.2) is 58.6 Å². The van der Waals surface area contributed by atoms with Crippen molar-refractivity contribution in [3.8, 4) is 0 Å². The number of sulfonamides is 1. The van der Waals surface area contributed by atoms with Gasteiger partial charge in [0.25, 0.3) is 0 Å². The molecule has 0 aliphatic heterocycles. The summed E-state index contributed by atoms with van der Waals surface area (Å²) in [7, 11) is -1.48.